The number of benzene rings is 2. The number of hydrogen-bond donors (Lipinski definition) is 0. The molecule has 3 rings (SSSR count). The van der Waals surface area contributed by atoms with Crippen molar-refractivity contribution in [2.24, 2.45) is 0 Å². The largest absolute Gasteiger partial charge is 0.368 e. The minimum absolute atomic E-state index is 0.00928. The molecule has 31 heavy (non-hydrogen) atoms. The topological polar surface area (TPSA) is 60.9 Å². The Labute approximate surface area is 188 Å². The summed E-state index contributed by atoms with van der Waals surface area (Å²) in [5.74, 6) is -0.260. The minimum Gasteiger partial charge on any atom is -0.368 e. The van der Waals surface area contributed by atoms with E-state index in [0.717, 1.165) is 11.9 Å². The highest BCUT2D eigenvalue weighted by atomic mass is 35.5. The van der Waals surface area contributed by atoms with Crippen LogP contribution >= 0.6 is 11.6 Å². The zero-order valence-electron chi connectivity index (χ0n) is 17.7. The minimum atomic E-state index is -3.50. The maximum Gasteiger partial charge on any atom is 0.232 e. The highest BCUT2D eigenvalue weighted by Crippen LogP contribution is 2.28. The van der Waals surface area contributed by atoms with Crippen LogP contribution < -0.4 is 9.21 Å². The van der Waals surface area contributed by atoms with Crippen LogP contribution in [0.3, 0.4) is 0 Å². The van der Waals surface area contributed by atoms with Crippen LogP contribution in [-0.4, -0.2) is 58.2 Å². The van der Waals surface area contributed by atoms with E-state index in [4.69, 9.17) is 11.6 Å². The Morgan fingerprint density at radius 1 is 1.10 bits per heavy atom. The third kappa shape index (κ3) is 5.89. The molecule has 2 aromatic rings. The third-order valence-electron chi connectivity index (χ3n) is 5.48. The van der Waals surface area contributed by atoms with Crippen LogP contribution in [0.15, 0.2) is 42.5 Å². The number of anilines is 2. The Morgan fingerprint density at radius 2 is 1.74 bits per heavy atom. The molecule has 9 heteroatoms. The van der Waals surface area contributed by atoms with Gasteiger partial charge in [-0.3, -0.25) is 9.10 Å². The summed E-state index contributed by atoms with van der Waals surface area (Å²) in [6.45, 7) is 4.50. The van der Waals surface area contributed by atoms with Crippen molar-refractivity contribution in [1.29, 1.82) is 0 Å². The van der Waals surface area contributed by atoms with Gasteiger partial charge in [0.15, 0.2) is 0 Å². The number of rotatable bonds is 7. The van der Waals surface area contributed by atoms with Crippen LogP contribution in [0.4, 0.5) is 15.8 Å². The van der Waals surface area contributed by atoms with E-state index in [1.165, 1.54) is 16.4 Å². The molecule has 1 aliphatic heterocycles. The Kier molecular flexibility index (Phi) is 7.43. The second-order valence-electron chi connectivity index (χ2n) is 7.67. The lowest BCUT2D eigenvalue weighted by Crippen LogP contribution is -2.48. The first kappa shape index (κ1) is 23.3. The van der Waals surface area contributed by atoms with Crippen LogP contribution in [0.2, 0.25) is 5.02 Å². The molecule has 0 bridgehead atoms. The fraction of sp³-hybridized carbons (Fsp3) is 0.409. The third-order valence-corrected chi connectivity index (χ3v) is 7.07. The lowest BCUT2D eigenvalue weighted by molar-refractivity contribution is -0.131. The van der Waals surface area contributed by atoms with Gasteiger partial charge in [0.25, 0.3) is 0 Å². The first-order valence-corrected chi connectivity index (χ1v) is 12.4. The molecule has 1 saturated heterocycles. The summed E-state index contributed by atoms with van der Waals surface area (Å²) in [6.07, 6.45) is 1.84. The van der Waals surface area contributed by atoms with Crippen molar-refractivity contribution in [2.45, 2.75) is 19.8 Å². The van der Waals surface area contributed by atoms with Crippen molar-refractivity contribution in [2.75, 3.05) is 48.2 Å². The maximum atomic E-state index is 13.1. The molecule has 6 nitrogen and oxygen atoms in total. The number of piperazine rings is 1. The zero-order chi connectivity index (χ0) is 22.6. The van der Waals surface area contributed by atoms with Gasteiger partial charge in [-0.1, -0.05) is 17.7 Å². The Balaban J connectivity index is 1.54. The number of hydrogen-bond acceptors (Lipinski definition) is 4. The summed E-state index contributed by atoms with van der Waals surface area (Å²) >= 11 is 6.15. The molecule has 0 saturated carbocycles. The van der Waals surface area contributed by atoms with E-state index >= 15 is 0 Å². The molecule has 1 aliphatic rings. The number of nitrogens with zero attached hydrogens (tertiary/aromatic N) is 3. The quantitative estimate of drug-likeness (QED) is 0.623. The molecule has 0 unspecified atom stereocenters. The summed E-state index contributed by atoms with van der Waals surface area (Å²) < 4.78 is 39.1. The molecule has 1 amide bonds. The molecule has 2 aromatic carbocycles. The molecule has 168 valence electrons. The summed E-state index contributed by atoms with van der Waals surface area (Å²) in [4.78, 5) is 16.6. The lowest BCUT2D eigenvalue weighted by atomic mass is 10.2. The molecule has 0 atom stereocenters. The average Bonchev–Trinajstić information content (AvgIpc) is 2.73. The predicted molar refractivity (Wildman–Crippen MR) is 123 cm³/mol. The number of sulfonamides is 1. The highest BCUT2D eigenvalue weighted by molar-refractivity contribution is 7.92. The normalized spacial score (nSPS) is 14.6. The SMILES string of the molecule is Cc1c(Cl)cccc1N(CCCC(=O)N1CCN(c2ccc(F)cc2)CC1)S(C)(=O)=O. The monoisotopic (exact) mass is 467 g/mol. The first-order valence-electron chi connectivity index (χ1n) is 10.2. The van der Waals surface area contributed by atoms with Gasteiger partial charge in [-0.25, -0.2) is 12.8 Å². The second kappa shape index (κ2) is 9.87. The Morgan fingerprint density at radius 3 is 2.35 bits per heavy atom. The molecule has 0 radical (unpaired) electrons. The second-order valence-corrected chi connectivity index (χ2v) is 9.98. The Hall–Kier alpha value is -2.32. The van der Waals surface area contributed by atoms with Gasteiger partial charge in [-0.05, 0) is 55.3 Å². The molecular formula is C22H27ClFN3O3S. The van der Waals surface area contributed by atoms with Crippen molar-refractivity contribution in [1.82, 2.24) is 4.90 Å². The summed E-state index contributed by atoms with van der Waals surface area (Å²) in [6, 6.07) is 11.5. The van der Waals surface area contributed by atoms with Gasteiger partial charge >= 0.3 is 0 Å². The van der Waals surface area contributed by atoms with Crippen LogP contribution in [0.1, 0.15) is 18.4 Å². The smallest absolute Gasteiger partial charge is 0.232 e. The van der Waals surface area contributed by atoms with E-state index in [0.29, 0.717) is 48.9 Å². The van der Waals surface area contributed by atoms with Crippen LogP contribution in [0.25, 0.3) is 0 Å². The number of carbonyl (C=O) groups is 1. The Bertz CT molecular complexity index is 1020. The average molecular weight is 468 g/mol. The van der Waals surface area contributed by atoms with Gasteiger partial charge in [-0.2, -0.15) is 0 Å². The summed E-state index contributed by atoms with van der Waals surface area (Å²) in [5.41, 5.74) is 2.17. The van der Waals surface area contributed by atoms with Crippen molar-refractivity contribution < 1.29 is 17.6 Å². The maximum absolute atomic E-state index is 13.1. The van der Waals surface area contributed by atoms with Crippen LogP contribution in [0, 0.1) is 12.7 Å². The summed E-state index contributed by atoms with van der Waals surface area (Å²) in [5, 5.41) is 0.501. The number of carbonyl (C=O) groups excluding carboxylic acids is 1. The van der Waals surface area contributed by atoms with E-state index in [1.54, 1.807) is 42.2 Å². The van der Waals surface area contributed by atoms with E-state index in [2.05, 4.69) is 4.90 Å². The molecule has 1 heterocycles. The van der Waals surface area contributed by atoms with Crippen LogP contribution in [-0.2, 0) is 14.8 Å². The molecule has 0 aromatic heterocycles. The van der Waals surface area contributed by atoms with Crippen molar-refractivity contribution in [3.8, 4) is 0 Å². The highest BCUT2D eigenvalue weighted by Gasteiger charge is 2.23. The van der Waals surface area contributed by atoms with E-state index in [1.807, 2.05) is 0 Å². The zero-order valence-corrected chi connectivity index (χ0v) is 19.3. The fourth-order valence-electron chi connectivity index (χ4n) is 3.73. The van der Waals surface area contributed by atoms with Crippen molar-refractivity contribution in [3.05, 3.63) is 58.9 Å². The number of amides is 1. The predicted octanol–water partition coefficient (Wildman–Crippen LogP) is 3.68. The van der Waals surface area contributed by atoms with Gasteiger partial charge in [0, 0.05) is 49.9 Å². The van der Waals surface area contributed by atoms with Gasteiger partial charge in [-0.15, -0.1) is 0 Å². The molecule has 0 aliphatic carbocycles. The van der Waals surface area contributed by atoms with Gasteiger partial charge in [0.05, 0.1) is 11.9 Å². The molecular weight excluding hydrogens is 441 g/mol. The van der Waals surface area contributed by atoms with Crippen molar-refractivity contribution in [3.63, 3.8) is 0 Å². The van der Waals surface area contributed by atoms with E-state index < -0.39 is 10.0 Å². The van der Waals surface area contributed by atoms with Gasteiger partial charge in [0.1, 0.15) is 5.82 Å². The molecule has 0 N–H and O–H groups in total. The lowest BCUT2D eigenvalue weighted by Gasteiger charge is -2.36. The fourth-order valence-corrected chi connectivity index (χ4v) is 4.91. The van der Waals surface area contributed by atoms with Gasteiger partial charge in [0.2, 0.25) is 15.9 Å². The van der Waals surface area contributed by atoms with Gasteiger partial charge < -0.3 is 9.80 Å². The summed E-state index contributed by atoms with van der Waals surface area (Å²) in [7, 11) is -3.50. The van der Waals surface area contributed by atoms with Crippen molar-refractivity contribution >= 4 is 38.9 Å². The standard InChI is InChI=1S/C22H27ClFN3O3S/c1-17-20(23)5-3-6-21(17)27(31(2,29)30)12-4-7-22(28)26-15-13-25(14-16-26)19-10-8-18(24)9-11-19/h3,5-6,8-11H,4,7,12-16H2,1-2H3. The number of halogens is 2. The van der Waals surface area contributed by atoms with E-state index in [-0.39, 0.29) is 24.7 Å². The van der Waals surface area contributed by atoms with E-state index in [9.17, 15) is 17.6 Å². The first-order chi connectivity index (χ1) is 14.7. The molecule has 0 spiro atoms. The molecule has 1 fully saturated rings. The van der Waals surface area contributed by atoms with Crippen LogP contribution in [0.5, 0.6) is 0 Å².